The second-order valence-corrected chi connectivity index (χ2v) is 4.14. The molecule has 1 heterocycles. The second-order valence-electron chi connectivity index (χ2n) is 3.49. The van der Waals surface area contributed by atoms with E-state index in [1.807, 2.05) is 30.5 Å². The molecule has 1 aromatic carbocycles. The Kier molecular flexibility index (Phi) is 3.09. The van der Waals surface area contributed by atoms with Crippen molar-refractivity contribution in [3.8, 4) is 0 Å². The van der Waals surface area contributed by atoms with Crippen molar-refractivity contribution in [2.24, 2.45) is 0 Å². The highest BCUT2D eigenvalue weighted by Crippen LogP contribution is 2.22. The topological polar surface area (TPSA) is 56.2 Å². The third-order valence-corrected chi connectivity index (χ3v) is 3.11. The summed E-state index contributed by atoms with van der Waals surface area (Å²) in [7, 11) is 0. The smallest absolute Gasteiger partial charge is 0.106 e. The van der Waals surface area contributed by atoms with Gasteiger partial charge >= 0.3 is 0 Å². The maximum Gasteiger partial charge on any atom is 0.106 e. The summed E-state index contributed by atoms with van der Waals surface area (Å²) in [6.45, 7) is 0. The fourth-order valence-electron chi connectivity index (χ4n) is 1.56. The van der Waals surface area contributed by atoms with Gasteiger partial charge in [0.25, 0.3) is 0 Å². The van der Waals surface area contributed by atoms with Crippen molar-refractivity contribution >= 4 is 26.8 Å². The maximum atomic E-state index is 9.79. The van der Waals surface area contributed by atoms with E-state index in [2.05, 4.69) is 20.9 Å². The first-order valence-corrected chi connectivity index (χ1v) is 5.83. The van der Waals surface area contributed by atoms with Gasteiger partial charge in [0, 0.05) is 17.0 Å². The SMILES string of the molecule is OC(CBr)C(O)c1ccc2cc[nH]c2c1. The zero-order valence-corrected chi connectivity index (χ0v) is 9.61. The standard InChI is InChI=1S/C11H12BrNO2/c12-6-10(14)11(15)8-2-1-7-3-4-13-9(7)5-8/h1-5,10-11,13-15H,6H2. The molecule has 0 aliphatic rings. The number of H-pyrrole nitrogens is 1. The molecule has 0 amide bonds. The summed E-state index contributed by atoms with van der Waals surface area (Å²) in [5.74, 6) is 0. The number of aromatic amines is 1. The highest BCUT2D eigenvalue weighted by Gasteiger charge is 2.17. The molecule has 2 atom stereocenters. The first-order valence-electron chi connectivity index (χ1n) is 4.71. The van der Waals surface area contributed by atoms with Crippen LogP contribution < -0.4 is 0 Å². The van der Waals surface area contributed by atoms with Gasteiger partial charge in [-0.2, -0.15) is 0 Å². The van der Waals surface area contributed by atoms with Crippen LogP contribution in [0.15, 0.2) is 30.5 Å². The molecule has 0 aliphatic carbocycles. The first-order chi connectivity index (χ1) is 7.22. The monoisotopic (exact) mass is 269 g/mol. The summed E-state index contributed by atoms with van der Waals surface area (Å²) < 4.78 is 0. The van der Waals surface area contributed by atoms with Gasteiger partial charge in [0.2, 0.25) is 0 Å². The summed E-state index contributed by atoms with van der Waals surface area (Å²) >= 11 is 3.14. The molecule has 1 aromatic heterocycles. The second kappa shape index (κ2) is 4.35. The van der Waals surface area contributed by atoms with E-state index in [9.17, 15) is 10.2 Å². The van der Waals surface area contributed by atoms with Gasteiger partial charge in [0.15, 0.2) is 0 Å². The largest absolute Gasteiger partial charge is 0.389 e. The zero-order valence-electron chi connectivity index (χ0n) is 8.02. The molecule has 80 valence electrons. The molecule has 4 heteroatoms. The maximum absolute atomic E-state index is 9.79. The molecule has 3 nitrogen and oxygen atoms in total. The number of rotatable bonds is 3. The average molecular weight is 270 g/mol. The van der Waals surface area contributed by atoms with Gasteiger partial charge < -0.3 is 15.2 Å². The van der Waals surface area contributed by atoms with Gasteiger partial charge in [-0.05, 0) is 23.1 Å². The van der Waals surface area contributed by atoms with E-state index in [0.29, 0.717) is 5.33 Å². The Hall–Kier alpha value is -0.840. The molecule has 3 N–H and O–H groups in total. The van der Waals surface area contributed by atoms with Crippen LogP contribution in [-0.2, 0) is 0 Å². The molecule has 2 aromatic rings. The molecule has 0 saturated carbocycles. The minimum absolute atomic E-state index is 0.358. The fourth-order valence-corrected chi connectivity index (χ4v) is 1.91. The highest BCUT2D eigenvalue weighted by molar-refractivity contribution is 9.09. The van der Waals surface area contributed by atoms with Crippen molar-refractivity contribution in [1.29, 1.82) is 0 Å². The number of fused-ring (bicyclic) bond motifs is 1. The van der Waals surface area contributed by atoms with Gasteiger partial charge in [0.05, 0.1) is 6.10 Å². The molecule has 0 bridgehead atoms. The third kappa shape index (κ3) is 2.07. The van der Waals surface area contributed by atoms with Crippen LogP contribution in [0.4, 0.5) is 0 Å². The lowest BCUT2D eigenvalue weighted by atomic mass is 10.0. The number of aromatic nitrogens is 1. The van der Waals surface area contributed by atoms with Crippen molar-refractivity contribution in [1.82, 2.24) is 4.98 Å². The highest BCUT2D eigenvalue weighted by atomic mass is 79.9. The predicted molar refractivity (Wildman–Crippen MR) is 63.1 cm³/mol. The fraction of sp³-hybridized carbons (Fsp3) is 0.273. The number of hydrogen-bond acceptors (Lipinski definition) is 2. The summed E-state index contributed by atoms with van der Waals surface area (Å²) in [5, 5.41) is 20.7. The third-order valence-electron chi connectivity index (χ3n) is 2.44. The Bertz CT molecular complexity index is 455. The van der Waals surface area contributed by atoms with E-state index in [1.54, 1.807) is 0 Å². The molecule has 0 fully saturated rings. The van der Waals surface area contributed by atoms with E-state index in [4.69, 9.17) is 0 Å². The van der Waals surface area contributed by atoms with E-state index in [-0.39, 0.29) is 0 Å². The van der Waals surface area contributed by atoms with Crippen LogP contribution in [0.3, 0.4) is 0 Å². The van der Waals surface area contributed by atoms with Crippen LogP contribution in [0.1, 0.15) is 11.7 Å². The molecular weight excluding hydrogens is 258 g/mol. The molecule has 15 heavy (non-hydrogen) atoms. The number of nitrogens with one attached hydrogen (secondary N) is 1. The predicted octanol–water partition coefficient (Wildman–Crippen LogP) is 1.96. The van der Waals surface area contributed by atoms with Crippen molar-refractivity contribution in [2.75, 3.05) is 5.33 Å². The number of hydrogen-bond donors (Lipinski definition) is 3. The van der Waals surface area contributed by atoms with Gasteiger partial charge in [0.1, 0.15) is 6.10 Å². The normalized spacial score (nSPS) is 15.4. The zero-order chi connectivity index (χ0) is 10.8. The number of aliphatic hydroxyl groups is 2. The number of aliphatic hydroxyl groups excluding tert-OH is 2. The minimum Gasteiger partial charge on any atom is -0.389 e. The summed E-state index contributed by atoms with van der Waals surface area (Å²) in [5.41, 5.74) is 1.69. The van der Waals surface area contributed by atoms with Crippen LogP contribution in [0, 0.1) is 0 Å². The minimum atomic E-state index is -0.850. The van der Waals surface area contributed by atoms with Gasteiger partial charge in [-0.15, -0.1) is 0 Å². The lowest BCUT2D eigenvalue weighted by Crippen LogP contribution is -2.19. The lowest BCUT2D eigenvalue weighted by molar-refractivity contribution is 0.0343. The molecule has 0 spiro atoms. The Morgan fingerprint density at radius 3 is 2.80 bits per heavy atom. The molecule has 2 unspecified atom stereocenters. The van der Waals surface area contributed by atoms with E-state index in [0.717, 1.165) is 16.5 Å². The van der Waals surface area contributed by atoms with Gasteiger partial charge in [-0.3, -0.25) is 0 Å². The Labute approximate surface area is 95.9 Å². The summed E-state index contributed by atoms with van der Waals surface area (Å²) in [6.07, 6.45) is 0.219. The van der Waals surface area contributed by atoms with Gasteiger partial charge in [-0.25, -0.2) is 0 Å². The van der Waals surface area contributed by atoms with Crippen LogP contribution in [0.5, 0.6) is 0 Å². The Morgan fingerprint density at radius 1 is 1.27 bits per heavy atom. The Morgan fingerprint density at radius 2 is 2.07 bits per heavy atom. The molecule has 2 rings (SSSR count). The van der Waals surface area contributed by atoms with Gasteiger partial charge in [-0.1, -0.05) is 28.1 Å². The number of benzene rings is 1. The van der Waals surface area contributed by atoms with E-state index >= 15 is 0 Å². The molecule has 0 saturated heterocycles. The molecule has 0 radical (unpaired) electrons. The van der Waals surface area contributed by atoms with Crippen molar-refractivity contribution in [2.45, 2.75) is 12.2 Å². The molecule has 0 aliphatic heterocycles. The van der Waals surface area contributed by atoms with Crippen LogP contribution in [0.25, 0.3) is 10.9 Å². The van der Waals surface area contributed by atoms with Crippen molar-refractivity contribution in [3.05, 3.63) is 36.0 Å². The van der Waals surface area contributed by atoms with Crippen molar-refractivity contribution in [3.63, 3.8) is 0 Å². The van der Waals surface area contributed by atoms with Crippen LogP contribution in [-0.4, -0.2) is 26.6 Å². The average Bonchev–Trinajstić information content (AvgIpc) is 2.73. The quantitative estimate of drug-likeness (QED) is 0.747. The lowest BCUT2D eigenvalue weighted by Gasteiger charge is -2.15. The summed E-state index contributed by atoms with van der Waals surface area (Å²) in [4.78, 5) is 3.07. The van der Waals surface area contributed by atoms with E-state index < -0.39 is 12.2 Å². The molecular formula is C11H12BrNO2. The number of alkyl halides is 1. The van der Waals surface area contributed by atoms with Crippen LogP contribution in [0.2, 0.25) is 0 Å². The first kappa shape index (κ1) is 10.7. The number of halogens is 1. The Balaban J connectivity index is 2.35. The van der Waals surface area contributed by atoms with Crippen LogP contribution >= 0.6 is 15.9 Å². The van der Waals surface area contributed by atoms with Crippen molar-refractivity contribution < 1.29 is 10.2 Å². The summed E-state index contributed by atoms with van der Waals surface area (Å²) in [6, 6.07) is 7.57. The van der Waals surface area contributed by atoms with E-state index in [1.165, 1.54) is 0 Å².